The van der Waals surface area contributed by atoms with Gasteiger partial charge in [0.1, 0.15) is 18.2 Å². The fraction of sp³-hybridized carbons (Fsp3) is 0.333. The van der Waals surface area contributed by atoms with Crippen LogP contribution in [0.3, 0.4) is 0 Å². The number of nitrogens with one attached hydrogen (secondary N) is 1. The van der Waals surface area contributed by atoms with Crippen molar-refractivity contribution in [2.45, 2.75) is 12.2 Å². The van der Waals surface area contributed by atoms with Crippen LogP contribution in [0.1, 0.15) is 6.92 Å². The van der Waals surface area contributed by atoms with Gasteiger partial charge in [-0.3, -0.25) is 4.79 Å². The number of carbonyl (C=O) groups excluding carboxylic acids is 1. The number of rotatable bonds is 8. The molecule has 1 amide bonds. The van der Waals surface area contributed by atoms with Gasteiger partial charge in [0.2, 0.25) is 5.91 Å². The molecule has 3 aromatic rings. The van der Waals surface area contributed by atoms with Crippen LogP contribution in [0.15, 0.2) is 42.5 Å². The third-order valence-corrected chi connectivity index (χ3v) is 5.40. The first kappa shape index (κ1) is 21.1. The van der Waals surface area contributed by atoms with Crippen LogP contribution in [0.4, 0.5) is 10.2 Å². The van der Waals surface area contributed by atoms with Gasteiger partial charge in [0.25, 0.3) is 0 Å². The van der Waals surface area contributed by atoms with Gasteiger partial charge in [-0.15, -0.1) is 5.10 Å². The molecule has 1 aromatic heterocycles. The first-order chi connectivity index (χ1) is 13.9. The van der Waals surface area contributed by atoms with Gasteiger partial charge in [-0.2, -0.15) is 11.8 Å². The molecule has 3 rings (SSSR count). The zero-order valence-electron chi connectivity index (χ0n) is 17.0. The van der Waals surface area contributed by atoms with Crippen LogP contribution in [0, 0.1) is 5.82 Å². The Bertz CT molecular complexity index is 1010. The fourth-order valence-corrected chi connectivity index (χ4v) is 3.09. The Morgan fingerprint density at radius 2 is 2.07 bits per heavy atom. The molecule has 8 heteroatoms. The van der Waals surface area contributed by atoms with Gasteiger partial charge >= 0.3 is 0 Å². The number of carbonyl (C=O) groups is 1. The largest absolute Gasteiger partial charge is 0.491 e. The van der Waals surface area contributed by atoms with Crippen molar-refractivity contribution in [3.05, 3.63) is 48.3 Å². The van der Waals surface area contributed by atoms with Crippen molar-refractivity contribution in [3.63, 3.8) is 0 Å². The Labute approximate surface area is 174 Å². The van der Waals surface area contributed by atoms with Crippen molar-refractivity contribution in [2.24, 2.45) is 0 Å². The second-order valence-corrected chi connectivity index (χ2v) is 8.09. The molecule has 0 aliphatic heterocycles. The molecule has 29 heavy (non-hydrogen) atoms. The summed E-state index contributed by atoms with van der Waals surface area (Å²) >= 11 is 1.45. The van der Waals surface area contributed by atoms with Crippen molar-refractivity contribution in [1.29, 1.82) is 0 Å². The van der Waals surface area contributed by atoms with E-state index in [2.05, 4.69) is 10.4 Å². The zero-order valence-corrected chi connectivity index (χ0v) is 17.8. The van der Waals surface area contributed by atoms with Crippen LogP contribution in [-0.4, -0.2) is 59.3 Å². The molecule has 0 unspecified atom stereocenters. The summed E-state index contributed by atoms with van der Waals surface area (Å²) in [5.74, 6) is 0.521. The SMILES string of the molecule is CS[C@H](C)C(=O)Nc1nn(-c2cccc(F)c2)c2cccc(OCCN(C)C)c12. The lowest BCUT2D eigenvalue weighted by molar-refractivity contribution is -0.115. The predicted molar refractivity (Wildman–Crippen MR) is 117 cm³/mol. The zero-order chi connectivity index (χ0) is 21.0. The van der Waals surface area contributed by atoms with Gasteiger partial charge in [-0.05, 0) is 57.6 Å². The summed E-state index contributed by atoms with van der Waals surface area (Å²) in [6.07, 6.45) is 1.88. The number of benzene rings is 2. The third kappa shape index (κ3) is 4.89. The highest BCUT2D eigenvalue weighted by atomic mass is 32.2. The van der Waals surface area contributed by atoms with E-state index in [9.17, 15) is 9.18 Å². The first-order valence-corrected chi connectivity index (χ1v) is 10.6. The summed E-state index contributed by atoms with van der Waals surface area (Å²) in [5, 5.41) is 7.95. The summed E-state index contributed by atoms with van der Waals surface area (Å²) in [7, 11) is 3.95. The summed E-state index contributed by atoms with van der Waals surface area (Å²) < 4.78 is 21.4. The number of nitrogens with zero attached hydrogens (tertiary/aromatic N) is 3. The topological polar surface area (TPSA) is 59.4 Å². The maximum Gasteiger partial charge on any atom is 0.238 e. The molecule has 0 saturated carbocycles. The van der Waals surface area contributed by atoms with Crippen LogP contribution < -0.4 is 10.1 Å². The normalized spacial score (nSPS) is 12.3. The molecular weight excluding hydrogens is 391 g/mol. The molecule has 6 nitrogen and oxygen atoms in total. The smallest absolute Gasteiger partial charge is 0.238 e. The Morgan fingerprint density at radius 3 is 2.76 bits per heavy atom. The number of hydrogen-bond acceptors (Lipinski definition) is 5. The van der Waals surface area contributed by atoms with E-state index < -0.39 is 0 Å². The average Bonchev–Trinajstić information content (AvgIpc) is 3.06. The highest BCUT2D eigenvalue weighted by molar-refractivity contribution is 7.99. The molecule has 0 spiro atoms. The van der Waals surface area contributed by atoms with E-state index in [1.54, 1.807) is 16.8 Å². The number of fused-ring (bicyclic) bond motifs is 1. The standard InChI is InChI=1S/C21H25FN4O2S/c1-14(29-4)21(27)23-20-19-17(9-6-10-18(19)28-12-11-25(2)3)26(24-20)16-8-5-7-15(22)13-16/h5-10,13-14H,11-12H2,1-4H3,(H,23,24,27)/t14-/m1/s1. The van der Waals surface area contributed by atoms with Crippen LogP contribution in [0.5, 0.6) is 5.75 Å². The van der Waals surface area contributed by atoms with Crippen molar-refractivity contribution >= 4 is 34.4 Å². The van der Waals surface area contributed by atoms with Gasteiger partial charge in [-0.1, -0.05) is 12.1 Å². The molecule has 154 valence electrons. The number of aromatic nitrogens is 2. The molecule has 0 radical (unpaired) electrons. The number of amides is 1. The second kappa shape index (κ2) is 9.28. The Kier molecular flexibility index (Phi) is 6.76. The number of thioether (sulfide) groups is 1. The summed E-state index contributed by atoms with van der Waals surface area (Å²) in [6.45, 7) is 3.08. The molecule has 0 bridgehead atoms. The maximum atomic E-state index is 13.8. The van der Waals surface area contributed by atoms with Crippen LogP contribution in [0.2, 0.25) is 0 Å². The van der Waals surface area contributed by atoms with E-state index in [4.69, 9.17) is 4.74 Å². The maximum absolute atomic E-state index is 13.8. The summed E-state index contributed by atoms with van der Waals surface area (Å²) in [6, 6.07) is 11.8. The van der Waals surface area contributed by atoms with Crippen LogP contribution >= 0.6 is 11.8 Å². The van der Waals surface area contributed by atoms with Crippen molar-refractivity contribution < 1.29 is 13.9 Å². The lowest BCUT2D eigenvalue weighted by Gasteiger charge is -2.13. The van der Waals surface area contributed by atoms with Gasteiger partial charge in [-0.25, -0.2) is 9.07 Å². The van der Waals surface area contributed by atoms with E-state index in [1.807, 2.05) is 50.4 Å². The second-order valence-electron chi connectivity index (χ2n) is 6.91. The summed E-state index contributed by atoms with van der Waals surface area (Å²) in [4.78, 5) is 14.5. The number of hydrogen-bond donors (Lipinski definition) is 1. The fourth-order valence-electron chi connectivity index (χ4n) is 2.81. The van der Waals surface area contributed by atoms with Crippen LogP contribution in [0.25, 0.3) is 16.6 Å². The number of ether oxygens (including phenoxy) is 1. The highest BCUT2D eigenvalue weighted by Gasteiger charge is 2.20. The number of halogens is 1. The minimum Gasteiger partial charge on any atom is -0.491 e. The van der Waals surface area contributed by atoms with Gasteiger partial charge in [0.05, 0.1) is 21.8 Å². The van der Waals surface area contributed by atoms with E-state index in [0.717, 1.165) is 12.1 Å². The minimum absolute atomic E-state index is 0.147. The number of likely N-dealkylation sites (N-methyl/N-ethyl adjacent to an activating group) is 1. The van der Waals surface area contributed by atoms with E-state index in [1.165, 1.54) is 23.9 Å². The molecule has 0 fully saturated rings. The van der Waals surface area contributed by atoms with Crippen molar-refractivity contribution in [1.82, 2.24) is 14.7 Å². The van der Waals surface area contributed by atoms with Crippen LogP contribution in [-0.2, 0) is 4.79 Å². The number of anilines is 1. The van der Waals surface area contributed by atoms with E-state index >= 15 is 0 Å². The molecule has 1 heterocycles. The van der Waals surface area contributed by atoms with Gasteiger partial charge < -0.3 is 15.0 Å². The summed E-state index contributed by atoms with van der Waals surface area (Å²) in [5.41, 5.74) is 1.30. The highest BCUT2D eigenvalue weighted by Crippen LogP contribution is 2.34. The first-order valence-electron chi connectivity index (χ1n) is 9.29. The molecule has 0 saturated heterocycles. The monoisotopic (exact) mass is 416 g/mol. The Balaban J connectivity index is 2.09. The Hall–Kier alpha value is -2.58. The quantitative estimate of drug-likeness (QED) is 0.605. The lowest BCUT2D eigenvalue weighted by atomic mass is 10.2. The molecule has 1 N–H and O–H groups in total. The average molecular weight is 417 g/mol. The minimum atomic E-state index is -0.355. The van der Waals surface area contributed by atoms with E-state index in [-0.39, 0.29) is 17.0 Å². The molecular formula is C21H25FN4O2S. The molecule has 0 aliphatic rings. The molecule has 0 aliphatic carbocycles. The van der Waals surface area contributed by atoms with Gasteiger partial charge in [0, 0.05) is 6.54 Å². The Morgan fingerprint density at radius 1 is 1.31 bits per heavy atom. The molecule has 2 aromatic carbocycles. The third-order valence-electron chi connectivity index (χ3n) is 4.48. The van der Waals surface area contributed by atoms with E-state index in [0.29, 0.717) is 29.2 Å². The lowest BCUT2D eigenvalue weighted by Crippen LogP contribution is -2.22. The van der Waals surface area contributed by atoms with Gasteiger partial charge in [0.15, 0.2) is 5.82 Å². The van der Waals surface area contributed by atoms with Crippen molar-refractivity contribution in [2.75, 3.05) is 38.8 Å². The molecule has 1 atom stereocenters. The predicted octanol–water partition coefficient (Wildman–Crippen LogP) is 3.80. The van der Waals surface area contributed by atoms with Crippen molar-refractivity contribution in [3.8, 4) is 11.4 Å².